The molecule has 4 aromatic rings. The number of benzene rings is 4. The highest BCUT2D eigenvalue weighted by Gasteiger charge is 2.26. The van der Waals surface area contributed by atoms with Crippen LogP contribution in [0.15, 0.2) is 83.3 Å². The number of ether oxygens (including phenoxy) is 2. The fourth-order valence-electron chi connectivity index (χ4n) is 5.53. The molecule has 0 saturated carbocycles. The van der Waals surface area contributed by atoms with E-state index in [1.165, 1.54) is 19.6 Å². The molecule has 1 heterocycles. The minimum absolute atomic E-state index is 0. The number of carbonyl (C=O) groups is 2. The summed E-state index contributed by atoms with van der Waals surface area (Å²) in [6.07, 6.45) is 3.40. The van der Waals surface area contributed by atoms with Gasteiger partial charge < -0.3 is 19.5 Å². The predicted molar refractivity (Wildman–Crippen MR) is 185 cm³/mol. The number of aromatic carboxylic acids is 1. The van der Waals surface area contributed by atoms with Gasteiger partial charge in [-0.1, -0.05) is 52.3 Å². The van der Waals surface area contributed by atoms with Crippen LogP contribution < -0.4 is 24.8 Å². The molecule has 1 aliphatic rings. The number of hydrazine groups is 1. The number of piperidine rings is 1. The highest BCUT2D eigenvalue weighted by molar-refractivity contribution is 9.10. The van der Waals surface area contributed by atoms with E-state index in [0.29, 0.717) is 10.0 Å². The van der Waals surface area contributed by atoms with Crippen LogP contribution in [0, 0.1) is 6.92 Å². The van der Waals surface area contributed by atoms with E-state index < -0.39 is 5.97 Å². The molecule has 0 radical (unpaired) electrons. The van der Waals surface area contributed by atoms with E-state index in [0.717, 1.165) is 65.4 Å². The Morgan fingerprint density at radius 1 is 0.911 bits per heavy atom. The molecule has 8 nitrogen and oxygen atoms in total. The van der Waals surface area contributed by atoms with Crippen LogP contribution in [0.1, 0.15) is 40.7 Å². The van der Waals surface area contributed by atoms with Crippen LogP contribution in [-0.2, 0) is 11.2 Å². The number of rotatable bonds is 10. The summed E-state index contributed by atoms with van der Waals surface area (Å²) in [5, 5.41) is 11.2. The SMILES string of the molecule is COc1ccc(-c2ccc(NN(C(=O)Cc3cc(OC)c(C(=O)O)cc3Br)c3c(C)cccc3N3CCCCC3)cc2)cc1.Cl. The van der Waals surface area contributed by atoms with Crippen LogP contribution in [-0.4, -0.2) is 44.3 Å². The minimum atomic E-state index is -1.10. The fourth-order valence-corrected chi connectivity index (χ4v) is 6.01. The normalized spacial score (nSPS) is 12.6. The first kappa shape index (κ1) is 33.7. The largest absolute Gasteiger partial charge is 0.497 e. The van der Waals surface area contributed by atoms with Gasteiger partial charge in [0.15, 0.2) is 0 Å². The molecule has 0 aliphatic carbocycles. The van der Waals surface area contributed by atoms with Crippen LogP contribution in [0.3, 0.4) is 0 Å². The van der Waals surface area contributed by atoms with Gasteiger partial charge in [0.05, 0.1) is 37.7 Å². The first-order chi connectivity index (χ1) is 21.3. The van der Waals surface area contributed by atoms with Crippen LogP contribution in [0.4, 0.5) is 17.1 Å². The molecule has 1 fully saturated rings. The lowest BCUT2D eigenvalue weighted by Crippen LogP contribution is -2.40. The number of halogens is 2. The number of carbonyl (C=O) groups excluding carboxylic acids is 1. The number of hydrogen-bond donors (Lipinski definition) is 2. The third-order valence-corrected chi connectivity index (χ3v) is 8.61. The van der Waals surface area contributed by atoms with Crippen molar-refractivity contribution in [2.45, 2.75) is 32.6 Å². The molecular weight excluding hydrogens is 658 g/mol. The van der Waals surface area contributed by atoms with Crippen LogP contribution in [0.5, 0.6) is 11.5 Å². The quantitative estimate of drug-likeness (QED) is 0.162. The third-order valence-electron chi connectivity index (χ3n) is 7.88. The Labute approximate surface area is 278 Å². The topological polar surface area (TPSA) is 91.3 Å². The van der Waals surface area contributed by atoms with Crippen LogP contribution in [0.25, 0.3) is 11.1 Å². The Hall–Kier alpha value is -4.21. The summed E-state index contributed by atoms with van der Waals surface area (Å²) >= 11 is 3.48. The highest BCUT2D eigenvalue weighted by atomic mass is 79.9. The molecule has 10 heteroatoms. The molecule has 0 atom stereocenters. The molecule has 1 amide bonds. The molecule has 4 aromatic carbocycles. The number of aryl methyl sites for hydroxylation is 1. The Kier molecular flexibility index (Phi) is 11.4. The van der Waals surface area contributed by atoms with E-state index in [-0.39, 0.29) is 36.0 Å². The molecule has 0 bridgehead atoms. The number of carboxylic acid groups (broad SMARTS) is 1. The molecule has 0 unspecified atom stereocenters. The summed E-state index contributed by atoms with van der Waals surface area (Å²) in [4.78, 5) is 28.4. The summed E-state index contributed by atoms with van der Waals surface area (Å²) in [7, 11) is 3.07. The molecule has 2 N–H and O–H groups in total. The molecule has 1 saturated heterocycles. The summed E-state index contributed by atoms with van der Waals surface area (Å²) < 4.78 is 11.2. The van der Waals surface area contributed by atoms with Crippen molar-refractivity contribution < 1.29 is 24.2 Å². The number of methoxy groups -OCH3 is 2. The van der Waals surface area contributed by atoms with Crippen molar-refractivity contribution in [3.05, 3.63) is 100 Å². The van der Waals surface area contributed by atoms with E-state index in [2.05, 4.69) is 32.3 Å². The number of amides is 1. The lowest BCUT2D eigenvalue weighted by Gasteiger charge is -2.35. The van der Waals surface area contributed by atoms with Gasteiger partial charge in [-0.15, -0.1) is 12.4 Å². The van der Waals surface area contributed by atoms with Crippen molar-refractivity contribution >= 4 is 57.3 Å². The molecule has 0 aromatic heterocycles. The molecule has 1 aliphatic heterocycles. The molecule has 236 valence electrons. The highest BCUT2D eigenvalue weighted by Crippen LogP contribution is 2.36. The van der Waals surface area contributed by atoms with Crippen molar-refractivity contribution in [3.63, 3.8) is 0 Å². The van der Waals surface area contributed by atoms with Gasteiger partial charge in [-0.2, -0.15) is 0 Å². The fraction of sp³-hybridized carbons (Fsp3) is 0.257. The van der Waals surface area contributed by atoms with Crippen molar-refractivity contribution in [3.8, 4) is 22.6 Å². The van der Waals surface area contributed by atoms with Gasteiger partial charge in [-0.3, -0.25) is 10.2 Å². The number of hydrogen-bond acceptors (Lipinski definition) is 6. The maximum atomic E-state index is 14.3. The monoisotopic (exact) mass is 693 g/mol. The maximum absolute atomic E-state index is 14.3. The predicted octanol–water partition coefficient (Wildman–Crippen LogP) is 8.15. The smallest absolute Gasteiger partial charge is 0.339 e. The average molecular weight is 695 g/mol. The van der Waals surface area contributed by atoms with Crippen LogP contribution >= 0.6 is 28.3 Å². The number of nitrogens with zero attached hydrogens (tertiary/aromatic N) is 2. The standard InChI is InChI=1S/C35H36BrN3O5.ClH/c1-23-8-7-9-31(38-18-5-4-6-19-38)34(23)39(33(40)21-26-20-32(44-3)29(35(41)42)22-30(26)36)37-27-14-10-24(11-15-27)25-12-16-28(43-2)17-13-25;/h7-17,20,22,37H,4-6,18-19,21H2,1-3H3,(H,41,42);1H. The minimum Gasteiger partial charge on any atom is -0.497 e. The summed E-state index contributed by atoms with van der Waals surface area (Å²) in [6, 6.07) is 25.0. The van der Waals surface area contributed by atoms with E-state index in [1.807, 2.05) is 67.6 Å². The van der Waals surface area contributed by atoms with Gasteiger partial charge in [0.25, 0.3) is 0 Å². The lowest BCUT2D eigenvalue weighted by atomic mass is 10.0. The van der Waals surface area contributed by atoms with Crippen molar-refractivity contribution in [1.82, 2.24) is 0 Å². The summed E-state index contributed by atoms with van der Waals surface area (Å²) in [6.45, 7) is 3.86. The maximum Gasteiger partial charge on any atom is 0.339 e. The summed E-state index contributed by atoms with van der Waals surface area (Å²) in [5.74, 6) is -0.316. The van der Waals surface area contributed by atoms with Crippen LogP contribution in [0.2, 0.25) is 0 Å². The van der Waals surface area contributed by atoms with Gasteiger partial charge >= 0.3 is 5.97 Å². The number of carboxylic acids is 1. The average Bonchev–Trinajstić information content (AvgIpc) is 3.05. The van der Waals surface area contributed by atoms with Gasteiger partial charge in [-0.25, -0.2) is 9.80 Å². The summed E-state index contributed by atoms with van der Waals surface area (Å²) in [5.41, 5.74) is 9.64. The van der Waals surface area contributed by atoms with Crippen molar-refractivity contribution in [2.24, 2.45) is 0 Å². The molecule has 0 spiro atoms. The van der Waals surface area contributed by atoms with Gasteiger partial charge in [0, 0.05) is 17.6 Å². The third kappa shape index (κ3) is 7.72. The number of para-hydroxylation sites is 1. The Bertz CT molecular complexity index is 1640. The molecule has 45 heavy (non-hydrogen) atoms. The van der Waals surface area contributed by atoms with Gasteiger partial charge in [0.2, 0.25) is 5.91 Å². The van der Waals surface area contributed by atoms with Crippen molar-refractivity contribution in [2.75, 3.05) is 42.6 Å². The second-order valence-corrected chi connectivity index (χ2v) is 11.6. The first-order valence-corrected chi connectivity index (χ1v) is 15.4. The second kappa shape index (κ2) is 15.2. The zero-order valence-electron chi connectivity index (χ0n) is 25.5. The Balaban J connectivity index is 0.00000461. The number of nitrogens with one attached hydrogen (secondary N) is 1. The van der Waals surface area contributed by atoms with E-state index in [1.54, 1.807) is 18.2 Å². The van der Waals surface area contributed by atoms with E-state index >= 15 is 0 Å². The van der Waals surface area contributed by atoms with Crippen molar-refractivity contribution in [1.29, 1.82) is 0 Å². The number of anilines is 3. The Morgan fingerprint density at radius 3 is 2.16 bits per heavy atom. The zero-order chi connectivity index (χ0) is 31.2. The first-order valence-electron chi connectivity index (χ1n) is 14.6. The van der Waals surface area contributed by atoms with Gasteiger partial charge in [-0.05, 0) is 90.9 Å². The lowest BCUT2D eigenvalue weighted by molar-refractivity contribution is -0.117. The molecule has 5 rings (SSSR count). The van der Waals surface area contributed by atoms with E-state index in [4.69, 9.17) is 9.47 Å². The zero-order valence-corrected chi connectivity index (χ0v) is 27.9. The Morgan fingerprint density at radius 2 is 1.56 bits per heavy atom. The molecular formula is C35H37BrClN3O5. The van der Waals surface area contributed by atoms with Gasteiger partial charge in [0.1, 0.15) is 17.1 Å². The second-order valence-electron chi connectivity index (χ2n) is 10.8. The van der Waals surface area contributed by atoms with E-state index in [9.17, 15) is 14.7 Å².